The van der Waals surface area contributed by atoms with Gasteiger partial charge in [-0.1, -0.05) is 0 Å². The lowest BCUT2D eigenvalue weighted by Crippen LogP contribution is -2.21. The zero-order chi connectivity index (χ0) is 15.1. The van der Waals surface area contributed by atoms with Gasteiger partial charge in [0.25, 0.3) is 0 Å². The first-order valence-corrected chi connectivity index (χ1v) is 5.63. The van der Waals surface area contributed by atoms with E-state index in [1.54, 1.807) is 0 Å². The molecular weight excluding hydrogens is 288 g/mol. The van der Waals surface area contributed by atoms with Gasteiger partial charge in [-0.25, -0.2) is 0 Å². The summed E-state index contributed by atoms with van der Waals surface area (Å²) in [7, 11) is 0. The molecule has 1 heterocycles. The van der Waals surface area contributed by atoms with Crippen molar-refractivity contribution in [2.75, 3.05) is 18.0 Å². The summed E-state index contributed by atoms with van der Waals surface area (Å²) in [5, 5.41) is 0. The van der Waals surface area contributed by atoms with Crippen LogP contribution < -0.4 is 4.90 Å². The number of anilines is 1. The van der Waals surface area contributed by atoms with Gasteiger partial charge < -0.3 is 4.90 Å². The lowest BCUT2D eigenvalue weighted by atomic mass is 10.1. The van der Waals surface area contributed by atoms with Crippen LogP contribution in [0.25, 0.3) is 0 Å². The highest BCUT2D eigenvalue weighted by molar-refractivity contribution is 5.87. The lowest BCUT2D eigenvalue weighted by Gasteiger charge is -2.20. The number of Topliss-reactive ketones (excluding diaryl/α,β-unsaturated/α-hetero) is 1. The molecule has 1 aliphatic rings. The third-order valence-corrected chi connectivity index (χ3v) is 2.97. The molecule has 1 fully saturated rings. The SMILES string of the molecule is O=C1CCN(c2cc(C(F)(F)F)cc(C(F)(F)F)c2)C1. The minimum atomic E-state index is -4.88. The van der Waals surface area contributed by atoms with E-state index < -0.39 is 23.5 Å². The predicted molar refractivity (Wildman–Crippen MR) is 58.3 cm³/mol. The molecule has 0 aromatic heterocycles. The number of ketones is 1. The van der Waals surface area contributed by atoms with Crippen LogP contribution in [0.4, 0.5) is 32.0 Å². The summed E-state index contributed by atoms with van der Waals surface area (Å²) in [6.45, 7) is -0.0456. The molecule has 0 bridgehead atoms. The van der Waals surface area contributed by atoms with Crippen LogP contribution in [0.3, 0.4) is 0 Å². The number of benzene rings is 1. The van der Waals surface area contributed by atoms with E-state index in [0.717, 1.165) is 0 Å². The van der Waals surface area contributed by atoms with Gasteiger partial charge in [-0.05, 0) is 18.2 Å². The molecule has 0 unspecified atom stereocenters. The number of nitrogens with zero attached hydrogens (tertiary/aromatic N) is 1. The minimum absolute atomic E-state index is 0.0708. The molecule has 110 valence electrons. The van der Waals surface area contributed by atoms with Gasteiger partial charge in [0.05, 0.1) is 17.7 Å². The normalized spacial score (nSPS) is 16.9. The van der Waals surface area contributed by atoms with Crippen LogP contribution in [0.5, 0.6) is 0 Å². The Hall–Kier alpha value is -1.73. The quantitative estimate of drug-likeness (QED) is 0.739. The summed E-state index contributed by atoms with van der Waals surface area (Å²) in [6.07, 6.45) is -9.63. The third kappa shape index (κ3) is 3.05. The van der Waals surface area contributed by atoms with Gasteiger partial charge in [-0.3, -0.25) is 4.79 Å². The van der Waals surface area contributed by atoms with E-state index in [1.807, 2.05) is 0 Å². The fraction of sp³-hybridized carbons (Fsp3) is 0.417. The van der Waals surface area contributed by atoms with Crippen LogP contribution in [-0.4, -0.2) is 18.9 Å². The molecule has 2 rings (SSSR count). The molecule has 1 aromatic carbocycles. The number of halogens is 6. The van der Waals surface area contributed by atoms with Crippen molar-refractivity contribution < 1.29 is 31.1 Å². The summed E-state index contributed by atoms with van der Waals surface area (Å²) in [5.41, 5.74) is -2.98. The van der Waals surface area contributed by atoms with Crippen molar-refractivity contribution in [3.8, 4) is 0 Å². The highest BCUT2D eigenvalue weighted by atomic mass is 19.4. The lowest BCUT2D eigenvalue weighted by molar-refractivity contribution is -0.143. The molecule has 0 amide bonds. The van der Waals surface area contributed by atoms with Crippen molar-refractivity contribution in [1.82, 2.24) is 0 Å². The minimum Gasteiger partial charge on any atom is -0.364 e. The first kappa shape index (κ1) is 14.7. The molecule has 1 aliphatic heterocycles. The Balaban J connectivity index is 2.49. The topological polar surface area (TPSA) is 20.3 Å². The van der Waals surface area contributed by atoms with Crippen LogP contribution in [0.15, 0.2) is 18.2 Å². The first-order valence-electron chi connectivity index (χ1n) is 5.63. The summed E-state index contributed by atoms with van der Waals surface area (Å²) < 4.78 is 75.9. The van der Waals surface area contributed by atoms with E-state index in [-0.39, 0.29) is 37.0 Å². The third-order valence-electron chi connectivity index (χ3n) is 2.97. The van der Waals surface area contributed by atoms with Crippen molar-refractivity contribution in [2.24, 2.45) is 0 Å². The predicted octanol–water partition coefficient (Wildman–Crippen LogP) is 3.50. The molecule has 0 saturated carbocycles. The molecule has 0 radical (unpaired) electrons. The van der Waals surface area contributed by atoms with E-state index in [9.17, 15) is 31.1 Å². The zero-order valence-corrected chi connectivity index (χ0v) is 9.98. The average Bonchev–Trinajstić information content (AvgIpc) is 2.73. The number of carbonyl (C=O) groups is 1. The molecule has 1 saturated heterocycles. The van der Waals surface area contributed by atoms with E-state index in [1.165, 1.54) is 4.90 Å². The second kappa shape index (κ2) is 4.68. The highest BCUT2D eigenvalue weighted by Gasteiger charge is 2.37. The molecule has 20 heavy (non-hydrogen) atoms. The Bertz CT molecular complexity index is 501. The maximum Gasteiger partial charge on any atom is 0.416 e. The second-order valence-electron chi connectivity index (χ2n) is 4.47. The van der Waals surface area contributed by atoms with Crippen LogP contribution in [0, 0.1) is 0 Å². The Kier molecular flexibility index (Phi) is 3.43. The summed E-state index contributed by atoms with van der Waals surface area (Å²) in [6, 6.07) is 1.34. The number of alkyl halides is 6. The molecule has 0 spiro atoms. The van der Waals surface area contributed by atoms with E-state index in [4.69, 9.17) is 0 Å². The molecular formula is C12H9F6NO. The van der Waals surface area contributed by atoms with E-state index >= 15 is 0 Å². The molecule has 1 aromatic rings. The smallest absolute Gasteiger partial charge is 0.364 e. The van der Waals surface area contributed by atoms with Crippen LogP contribution in [0.1, 0.15) is 17.5 Å². The van der Waals surface area contributed by atoms with Crippen LogP contribution in [-0.2, 0) is 17.1 Å². The summed E-state index contributed by atoms with van der Waals surface area (Å²) >= 11 is 0. The Labute approximate surface area is 110 Å². The van der Waals surface area contributed by atoms with Crippen molar-refractivity contribution in [3.63, 3.8) is 0 Å². The van der Waals surface area contributed by atoms with Crippen molar-refractivity contribution in [2.45, 2.75) is 18.8 Å². The Morgan fingerprint density at radius 1 is 0.900 bits per heavy atom. The fourth-order valence-corrected chi connectivity index (χ4v) is 1.97. The van der Waals surface area contributed by atoms with Crippen molar-refractivity contribution in [3.05, 3.63) is 29.3 Å². The number of carbonyl (C=O) groups excluding carboxylic acids is 1. The van der Waals surface area contributed by atoms with E-state index in [2.05, 4.69) is 0 Å². The van der Waals surface area contributed by atoms with Gasteiger partial charge in [0, 0.05) is 18.7 Å². The van der Waals surface area contributed by atoms with Crippen molar-refractivity contribution in [1.29, 1.82) is 0 Å². The monoisotopic (exact) mass is 297 g/mol. The maximum atomic E-state index is 12.6. The number of hydrogen-bond acceptors (Lipinski definition) is 2. The van der Waals surface area contributed by atoms with Gasteiger partial charge in [0.15, 0.2) is 5.78 Å². The molecule has 0 N–H and O–H groups in total. The largest absolute Gasteiger partial charge is 0.416 e. The van der Waals surface area contributed by atoms with E-state index in [0.29, 0.717) is 12.1 Å². The highest BCUT2D eigenvalue weighted by Crippen LogP contribution is 2.38. The molecule has 0 aliphatic carbocycles. The molecule has 0 atom stereocenters. The molecule has 2 nitrogen and oxygen atoms in total. The van der Waals surface area contributed by atoms with Crippen LogP contribution >= 0.6 is 0 Å². The number of hydrogen-bond donors (Lipinski definition) is 0. The maximum absolute atomic E-state index is 12.6. The molecule has 8 heteroatoms. The van der Waals surface area contributed by atoms with Gasteiger partial charge in [-0.2, -0.15) is 26.3 Å². The second-order valence-corrected chi connectivity index (χ2v) is 4.47. The number of rotatable bonds is 1. The Morgan fingerprint density at radius 3 is 1.75 bits per heavy atom. The van der Waals surface area contributed by atoms with Gasteiger partial charge in [-0.15, -0.1) is 0 Å². The summed E-state index contributed by atoms with van der Waals surface area (Å²) in [5.74, 6) is -0.212. The van der Waals surface area contributed by atoms with Crippen molar-refractivity contribution >= 4 is 11.5 Å². The summed E-state index contributed by atoms with van der Waals surface area (Å²) in [4.78, 5) is 12.3. The van der Waals surface area contributed by atoms with Gasteiger partial charge in [0.2, 0.25) is 0 Å². The standard InChI is InChI=1S/C12H9F6NO/c13-11(14,15)7-3-8(12(16,17)18)5-9(4-7)19-2-1-10(20)6-19/h3-5H,1-2,6H2. The van der Waals surface area contributed by atoms with Gasteiger partial charge in [0.1, 0.15) is 0 Å². The fourth-order valence-electron chi connectivity index (χ4n) is 1.97. The zero-order valence-electron chi connectivity index (χ0n) is 9.98. The first-order chi connectivity index (χ1) is 9.07. The Morgan fingerprint density at radius 2 is 1.40 bits per heavy atom. The van der Waals surface area contributed by atoms with Crippen LogP contribution in [0.2, 0.25) is 0 Å². The average molecular weight is 297 g/mol. The van der Waals surface area contributed by atoms with Gasteiger partial charge >= 0.3 is 12.4 Å².